The molecule has 0 saturated carbocycles. The zero-order valence-electron chi connectivity index (χ0n) is 17.4. The highest BCUT2D eigenvalue weighted by Crippen LogP contribution is 2.31. The van der Waals surface area contributed by atoms with Gasteiger partial charge in [-0.25, -0.2) is 9.79 Å². The van der Waals surface area contributed by atoms with Gasteiger partial charge in [0.25, 0.3) is 5.56 Å². The van der Waals surface area contributed by atoms with E-state index in [-0.39, 0.29) is 5.56 Å². The molecule has 0 unspecified atom stereocenters. The van der Waals surface area contributed by atoms with Gasteiger partial charge >= 0.3 is 5.97 Å². The number of allylic oxidation sites excluding steroid dienone is 1. The van der Waals surface area contributed by atoms with E-state index in [1.165, 1.54) is 23.0 Å². The summed E-state index contributed by atoms with van der Waals surface area (Å²) in [6.07, 6.45) is 1.73. The van der Waals surface area contributed by atoms with Crippen molar-refractivity contribution in [1.82, 2.24) is 4.57 Å². The first-order chi connectivity index (χ1) is 15.3. The first kappa shape index (κ1) is 22.3. The molecule has 4 rings (SSSR count). The molecule has 1 aliphatic heterocycles. The summed E-state index contributed by atoms with van der Waals surface area (Å²) in [5.74, 6) is 0.131. The highest BCUT2D eigenvalue weighted by Gasteiger charge is 2.33. The average molecular weight is 489 g/mol. The number of rotatable bonds is 4. The van der Waals surface area contributed by atoms with Crippen LogP contribution < -0.4 is 19.6 Å². The molecule has 3 aromatic rings. The van der Waals surface area contributed by atoms with Crippen LogP contribution in [0.4, 0.5) is 0 Å². The summed E-state index contributed by atoms with van der Waals surface area (Å²) in [6, 6.07) is 11.7. The predicted molar refractivity (Wildman–Crippen MR) is 125 cm³/mol. The standard InChI is InChI=1S/C23H18Cl2N2O4S/c1-12-19(22(29)31-3)20(14-5-7-15(30-2)8-6-14)27-21(28)18(32-23(27)26-12)11-13-4-9-16(24)17(25)10-13/h4-11,20H,1-3H3/b18-11-/t20-/m0/s1. The molecule has 6 nitrogen and oxygen atoms in total. The number of hydrogen-bond acceptors (Lipinski definition) is 6. The molecule has 0 N–H and O–H groups in total. The number of thiazole rings is 1. The first-order valence-electron chi connectivity index (χ1n) is 9.54. The molecule has 0 spiro atoms. The molecule has 0 fully saturated rings. The van der Waals surface area contributed by atoms with E-state index in [1.807, 2.05) is 12.1 Å². The van der Waals surface area contributed by atoms with Gasteiger partial charge in [-0.3, -0.25) is 9.36 Å². The van der Waals surface area contributed by atoms with E-state index in [0.717, 1.165) is 11.1 Å². The number of esters is 1. The van der Waals surface area contributed by atoms with Crippen molar-refractivity contribution >= 4 is 46.6 Å². The number of hydrogen-bond donors (Lipinski definition) is 0. The molecule has 32 heavy (non-hydrogen) atoms. The predicted octanol–water partition coefficient (Wildman–Crippen LogP) is 3.72. The Morgan fingerprint density at radius 3 is 2.47 bits per heavy atom. The maximum Gasteiger partial charge on any atom is 0.338 e. The van der Waals surface area contributed by atoms with Crippen molar-refractivity contribution in [2.24, 2.45) is 4.99 Å². The van der Waals surface area contributed by atoms with Crippen LogP contribution in [0.15, 0.2) is 63.5 Å². The molecule has 0 amide bonds. The van der Waals surface area contributed by atoms with Gasteiger partial charge in [-0.15, -0.1) is 0 Å². The minimum atomic E-state index is -0.680. The Morgan fingerprint density at radius 2 is 1.84 bits per heavy atom. The molecule has 2 aromatic carbocycles. The number of aromatic nitrogens is 1. The zero-order valence-corrected chi connectivity index (χ0v) is 19.7. The normalized spacial score (nSPS) is 15.9. The smallest absolute Gasteiger partial charge is 0.338 e. The third-order valence-corrected chi connectivity index (χ3v) is 6.82. The van der Waals surface area contributed by atoms with Gasteiger partial charge in [0.15, 0.2) is 4.80 Å². The van der Waals surface area contributed by atoms with Crippen molar-refractivity contribution < 1.29 is 14.3 Å². The van der Waals surface area contributed by atoms with Gasteiger partial charge in [-0.1, -0.05) is 52.7 Å². The van der Waals surface area contributed by atoms with E-state index in [2.05, 4.69) is 4.99 Å². The third kappa shape index (κ3) is 3.99. The van der Waals surface area contributed by atoms with E-state index < -0.39 is 12.0 Å². The second-order valence-corrected chi connectivity index (χ2v) is 8.84. The largest absolute Gasteiger partial charge is 0.497 e. The van der Waals surface area contributed by atoms with Gasteiger partial charge in [0.2, 0.25) is 0 Å². The molecule has 9 heteroatoms. The Morgan fingerprint density at radius 1 is 1.12 bits per heavy atom. The summed E-state index contributed by atoms with van der Waals surface area (Å²) in [5, 5.41) is 0.830. The molecule has 0 saturated heterocycles. The van der Waals surface area contributed by atoms with Crippen molar-refractivity contribution in [3.8, 4) is 5.75 Å². The minimum absolute atomic E-state index is 0.269. The fourth-order valence-corrected chi connectivity index (χ4v) is 4.90. The molecule has 1 aliphatic rings. The lowest BCUT2D eigenvalue weighted by atomic mass is 9.96. The van der Waals surface area contributed by atoms with Crippen molar-refractivity contribution in [3.63, 3.8) is 0 Å². The Balaban J connectivity index is 1.95. The van der Waals surface area contributed by atoms with Crippen LogP contribution in [0.25, 0.3) is 6.08 Å². The summed E-state index contributed by atoms with van der Waals surface area (Å²) >= 11 is 13.4. The van der Waals surface area contributed by atoms with Crippen molar-refractivity contribution in [3.05, 3.63) is 94.6 Å². The molecule has 0 bridgehead atoms. The molecular weight excluding hydrogens is 471 g/mol. The number of ether oxygens (including phenoxy) is 2. The summed E-state index contributed by atoms with van der Waals surface area (Å²) < 4.78 is 12.2. The lowest BCUT2D eigenvalue weighted by Gasteiger charge is -2.24. The van der Waals surface area contributed by atoms with Crippen LogP contribution in [-0.4, -0.2) is 24.8 Å². The topological polar surface area (TPSA) is 69.9 Å². The van der Waals surface area contributed by atoms with Gasteiger partial charge in [-0.2, -0.15) is 0 Å². The molecule has 1 aromatic heterocycles. The minimum Gasteiger partial charge on any atom is -0.497 e. The Bertz CT molecular complexity index is 1420. The van der Waals surface area contributed by atoms with Gasteiger partial charge in [-0.05, 0) is 48.4 Å². The second-order valence-electron chi connectivity index (χ2n) is 7.02. The summed E-state index contributed by atoms with van der Waals surface area (Å²) in [4.78, 5) is 31.1. The van der Waals surface area contributed by atoms with Crippen LogP contribution in [-0.2, 0) is 9.53 Å². The average Bonchev–Trinajstić information content (AvgIpc) is 3.09. The SMILES string of the molecule is COC(=O)C1=C(C)N=c2s/c(=C\c3ccc(Cl)c(Cl)c3)c(=O)n2[C@H]1c1ccc(OC)cc1. The van der Waals surface area contributed by atoms with Crippen LogP contribution in [0, 0.1) is 0 Å². The number of benzene rings is 2. The number of methoxy groups -OCH3 is 2. The number of fused-ring (bicyclic) bond motifs is 1. The van der Waals surface area contributed by atoms with E-state index in [9.17, 15) is 9.59 Å². The molecule has 1 atom stereocenters. The summed E-state index contributed by atoms with van der Waals surface area (Å²) in [6.45, 7) is 1.73. The van der Waals surface area contributed by atoms with Crippen LogP contribution >= 0.6 is 34.5 Å². The van der Waals surface area contributed by atoms with Gasteiger partial charge in [0, 0.05) is 0 Å². The monoisotopic (exact) mass is 488 g/mol. The van der Waals surface area contributed by atoms with Crippen LogP contribution in [0.5, 0.6) is 5.75 Å². The molecule has 0 aliphatic carbocycles. The number of nitrogens with zero attached hydrogens (tertiary/aromatic N) is 2. The summed E-state index contributed by atoms with van der Waals surface area (Å²) in [7, 11) is 2.88. The Labute approximate surface area is 197 Å². The van der Waals surface area contributed by atoms with E-state index in [1.54, 1.807) is 50.4 Å². The molecular formula is C23H18Cl2N2O4S. The quantitative estimate of drug-likeness (QED) is 0.524. The maximum absolute atomic E-state index is 13.5. The number of carbonyl (C=O) groups excluding carboxylic acids is 1. The van der Waals surface area contributed by atoms with E-state index in [0.29, 0.717) is 36.4 Å². The second kappa shape index (κ2) is 8.94. The van der Waals surface area contributed by atoms with Crippen LogP contribution in [0.3, 0.4) is 0 Å². The highest BCUT2D eigenvalue weighted by atomic mass is 35.5. The fourth-order valence-electron chi connectivity index (χ4n) is 3.55. The van der Waals surface area contributed by atoms with Gasteiger partial charge in [0.1, 0.15) is 5.75 Å². The van der Waals surface area contributed by atoms with Crippen LogP contribution in [0.2, 0.25) is 10.0 Å². The lowest BCUT2D eigenvalue weighted by Crippen LogP contribution is -2.39. The zero-order chi connectivity index (χ0) is 23.0. The Hall–Kier alpha value is -2.87. The van der Waals surface area contributed by atoms with Crippen LogP contribution in [0.1, 0.15) is 24.1 Å². The van der Waals surface area contributed by atoms with Crippen molar-refractivity contribution in [1.29, 1.82) is 0 Å². The first-order valence-corrected chi connectivity index (χ1v) is 11.1. The lowest BCUT2D eigenvalue weighted by molar-refractivity contribution is -0.136. The number of carbonyl (C=O) groups is 1. The molecule has 2 heterocycles. The van der Waals surface area contributed by atoms with Crippen molar-refractivity contribution in [2.45, 2.75) is 13.0 Å². The van der Waals surface area contributed by atoms with E-state index >= 15 is 0 Å². The number of halogens is 2. The summed E-state index contributed by atoms with van der Waals surface area (Å²) in [5.41, 5.74) is 2.01. The van der Waals surface area contributed by atoms with Gasteiger partial charge < -0.3 is 9.47 Å². The Kier molecular flexibility index (Phi) is 6.24. The fraction of sp³-hybridized carbons (Fsp3) is 0.174. The molecule has 0 radical (unpaired) electrons. The van der Waals surface area contributed by atoms with Gasteiger partial charge in [0.05, 0.1) is 46.1 Å². The van der Waals surface area contributed by atoms with Crippen molar-refractivity contribution in [2.75, 3.05) is 14.2 Å². The van der Waals surface area contributed by atoms with E-state index in [4.69, 9.17) is 32.7 Å². The maximum atomic E-state index is 13.5. The molecule has 164 valence electrons. The third-order valence-electron chi connectivity index (χ3n) is 5.10. The highest BCUT2D eigenvalue weighted by molar-refractivity contribution is 7.07.